The predicted octanol–water partition coefficient (Wildman–Crippen LogP) is 8.73. The van der Waals surface area contributed by atoms with Gasteiger partial charge in [0.1, 0.15) is 47.9 Å². The van der Waals surface area contributed by atoms with Crippen LogP contribution in [0.3, 0.4) is 0 Å². The Bertz CT molecular complexity index is 1780. The van der Waals surface area contributed by atoms with Crippen molar-refractivity contribution in [3.05, 3.63) is 119 Å². The summed E-state index contributed by atoms with van der Waals surface area (Å²) >= 11 is 0. The van der Waals surface area contributed by atoms with Gasteiger partial charge < -0.3 is 33.5 Å². The number of benzene rings is 4. The van der Waals surface area contributed by atoms with Crippen LogP contribution in [0.1, 0.15) is 96.4 Å². The van der Waals surface area contributed by atoms with Crippen molar-refractivity contribution in [3.63, 3.8) is 0 Å². The van der Waals surface area contributed by atoms with E-state index >= 15 is 0 Å². The maximum Gasteiger partial charge on any atom is 0.160 e. The summed E-state index contributed by atoms with van der Waals surface area (Å²) in [6.45, 7) is 17.3. The van der Waals surface area contributed by atoms with Crippen molar-refractivity contribution in [2.24, 2.45) is 5.73 Å². The van der Waals surface area contributed by atoms with Crippen LogP contribution in [0.25, 0.3) is 0 Å². The van der Waals surface area contributed by atoms with Gasteiger partial charge in [-0.3, -0.25) is 5.73 Å². The van der Waals surface area contributed by atoms with Gasteiger partial charge in [0.15, 0.2) is 5.72 Å². The lowest BCUT2D eigenvalue weighted by molar-refractivity contribution is 0.00433. The standard InChI is InChI=1S/C46H59NO7/c1-8-45(7,53-39-22-14-34(15-23-39)43(3,4)33-12-20-38(21-13-33)50-30-42-31-52-42)26-36(48)28-49-37-18-10-32(11-19-37)44(5,6)35-16-24-40(25-17-35)54-46(47,9-2)27-41-29-51-41/h10-25,36,41-42,48H,8-9,26-31,47H2,1-7H3. The van der Waals surface area contributed by atoms with E-state index < -0.39 is 17.4 Å². The van der Waals surface area contributed by atoms with Gasteiger partial charge in [-0.25, -0.2) is 0 Å². The van der Waals surface area contributed by atoms with Crippen molar-refractivity contribution in [1.82, 2.24) is 0 Å². The minimum Gasteiger partial charge on any atom is -0.491 e. The highest BCUT2D eigenvalue weighted by Gasteiger charge is 2.36. The fourth-order valence-corrected chi connectivity index (χ4v) is 6.86. The lowest BCUT2D eigenvalue weighted by Crippen LogP contribution is -2.46. The molecular weight excluding hydrogens is 679 g/mol. The van der Waals surface area contributed by atoms with Gasteiger partial charge in [0.2, 0.25) is 0 Å². The van der Waals surface area contributed by atoms with Crippen LogP contribution in [0, 0.1) is 0 Å². The molecule has 0 radical (unpaired) electrons. The molecule has 4 aromatic rings. The molecule has 290 valence electrons. The lowest BCUT2D eigenvalue weighted by Gasteiger charge is -2.32. The Morgan fingerprint density at radius 1 is 0.611 bits per heavy atom. The molecule has 2 heterocycles. The van der Waals surface area contributed by atoms with E-state index in [1.165, 1.54) is 11.1 Å². The highest BCUT2D eigenvalue weighted by atomic mass is 16.6. The van der Waals surface area contributed by atoms with E-state index in [4.69, 9.17) is 34.2 Å². The van der Waals surface area contributed by atoms with Crippen molar-refractivity contribution >= 4 is 0 Å². The summed E-state index contributed by atoms with van der Waals surface area (Å²) in [7, 11) is 0. The number of hydrogen-bond donors (Lipinski definition) is 2. The van der Waals surface area contributed by atoms with E-state index in [9.17, 15) is 5.11 Å². The molecule has 0 amide bonds. The van der Waals surface area contributed by atoms with E-state index in [0.717, 1.165) is 48.0 Å². The van der Waals surface area contributed by atoms with E-state index in [1.54, 1.807) is 0 Å². The first-order chi connectivity index (χ1) is 25.7. The van der Waals surface area contributed by atoms with Gasteiger partial charge >= 0.3 is 0 Å². The largest absolute Gasteiger partial charge is 0.491 e. The molecule has 2 aliphatic heterocycles. The van der Waals surface area contributed by atoms with Gasteiger partial charge in [-0.05, 0) is 90.6 Å². The molecule has 0 aromatic heterocycles. The number of aliphatic hydroxyl groups is 1. The normalized spacial score (nSPS) is 19.6. The number of epoxide rings is 2. The van der Waals surface area contributed by atoms with Crippen molar-refractivity contribution in [2.75, 3.05) is 26.4 Å². The maximum absolute atomic E-state index is 11.1. The second-order valence-electron chi connectivity index (χ2n) is 16.4. The molecule has 0 saturated carbocycles. The smallest absolute Gasteiger partial charge is 0.160 e. The Labute approximate surface area is 321 Å². The molecule has 6 rings (SSSR count). The Hall–Kier alpha value is -4.08. The van der Waals surface area contributed by atoms with Gasteiger partial charge in [0, 0.05) is 23.7 Å². The molecule has 0 aliphatic carbocycles. The topological polar surface area (TPSA) is 108 Å². The van der Waals surface area contributed by atoms with E-state index in [0.29, 0.717) is 31.6 Å². The Morgan fingerprint density at radius 3 is 1.43 bits per heavy atom. The Kier molecular flexibility index (Phi) is 12.0. The molecule has 2 aliphatic rings. The summed E-state index contributed by atoms with van der Waals surface area (Å²) in [5.74, 6) is 3.10. The molecule has 8 heteroatoms. The zero-order valence-corrected chi connectivity index (χ0v) is 33.1. The van der Waals surface area contributed by atoms with Crippen molar-refractivity contribution in [1.29, 1.82) is 0 Å². The van der Waals surface area contributed by atoms with Crippen LogP contribution >= 0.6 is 0 Å². The monoisotopic (exact) mass is 737 g/mol. The number of ether oxygens (including phenoxy) is 6. The van der Waals surface area contributed by atoms with Crippen LogP contribution in [0.4, 0.5) is 0 Å². The summed E-state index contributed by atoms with van der Waals surface area (Å²) in [5.41, 5.74) is 9.47. The van der Waals surface area contributed by atoms with Gasteiger partial charge in [-0.2, -0.15) is 0 Å². The van der Waals surface area contributed by atoms with E-state index in [-0.39, 0.29) is 29.6 Å². The molecule has 8 nitrogen and oxygen atoms in total. The van der Waals surface area contributed by atoms with Crippen LogP contribution in [0.5, 0.6) is 23.0 Å². The number of nitrogens with two attached hydrogens (primary N) is 1. The minimum absolute atomic E-state index is 0.168. The fourth-order valence-electron chi connectivity index (χ4n) is 6.86. The van der Waals surface area contributed by atoms with Crippen LogP contribution < -0.4 is 24.7 Å². The molecule has 0 spiro atoms. The van der Waals surface area contributed by atoms with Crippen LogP contribution in [-0.2, 0) is 20.3 Å². The van der Waals surface area contributed by atoms with Crippen molar-refractivity contribution in [3.8, 4) is 23.0 Å². The third-order valence-corrected chi connectivity index (χ3v) is 11.3. The van der Waals surface area contributed by atoms with Crippen LogP contribution in [0.15, 0.2) is 97.1 Å². The molecule has 5 atom stereocenters. The molecule has 2 fully saturated rings. The fraction of sp³-hybridized carbons (Fsp3) is 0.478. The second-order valence-corrected chi connectivity index (χ2v) is 16.4. The van der Waals surface area contributed by atoms with Gasteiger partial charge in [-0.15, -0.1) is 0 Å². The zero-order valence-electron chi connectivity index (χ0n) is 33.1. The summed E-state index contributed by atoms with van der Waals surface area (Å²) in [6.07, 6.45) is 2.29. The number of hydrogen-bond acceptors (Lipinski definition) is 8. The zero-order chi connectivity index (χ0) is 38.6. The number of rotatable bonds is 20. The molecule has 4 aromatic carbocycles. The quantitative estimate of drug-likeness (QED) is 0.0685. The third kappa shape index (κ3) is 10.2. The Morgan fingerprint density at radius 2 is 1.02 bits per heavy atom. The summed E-state index contributed by atoms with van der Waals surface area (Å²) in [5, 5.41) is 11.1. The molecular formula is C46H59NO7. The minimum atomic E-state index is -0.731. The number of aliphatic hydroxyl groups excluding tert-OH is 1. The first kappa shape index (κ1) is 39.6. The first-order valence-electron chi connectivity index (χ1n) is 19.5. The van der Waals surface area contributed by atoms with Crippen molar-refractivity contribution < 1.29 is 33.5 Å². The molecule has 2 saturated heterocycles. The van der Waals surface area contributed by atoms with E-state index in [2.05, 4.69) is 83.1 Å². The van der Waals surface area contributed by atoms with Gasteiger partial charge in [0.25, 0.3) is 0 Å². The molecule has 3 N–H and O–H groups in total. The van der Waals surface area contributed by atoms with Crippen LogP contribution in [0.2, 0.25) is 0 Å². The average Bonchev–Trinajstić information content (AvgIpc) is 4.11. The Balaban J connectivity index is 0.990. The maximum atomic E-state index is 11.1. The van der Waals surface area contributed by atoms with E-state index in [1.807, 2.05) is 62.4 Å². The SMILES string of the molecule is CCC(C)(CC(O)COc1ccc(C(C)(C)c2ccc(OC(N)(CC)CC3CO3)cc2)cc1)Oc1ccc(C(C)(C)c2ccc(OCC3CO3)cc2)cc1. The molecule has 54 heavy (non-hydrogen) atoms. The summed E-state index contributed by atoms with van der Waals surface area (Å²) in [6, 6.07) is 32.9. The highest BCUT2D eigenvalue weighted by molar-refractivity contribution is 5.43. The average molecular weight is 738 g/mol. The second kappa shape index (κ2) is 16.3. The predicted molar refractivity (Wildman–Crippen MR) is 213 cm³/mol. The first-order valence-corrected chi connectivity index (χ1v) is 19.5. The third-order valence-electron chi connectivity index (χ3n) is 11.3. The summed E-state index contributed by atoms with van der Waals surface area (Å²) in [4.78, 5) is 0. The molecule has 0 bridgehead atoms. The molecule has 5 unspecified atom stereocenters. The van der Waals surface area contributed by atoms with Crippen molar-refractivity contribution in [2.45, 2.75) is 115 Å². The summed E-state index contributed by atoms with van der Waals surface area (Å²) < 4.78 is 35.2. The van der Waals surface area contributed by atoms with Gasteiger partial charge in [-0.1, -0.05) is 90.1 Å². The lowest BCUT2D eigenvalue weighted by atomic mass is 9.78. The van der Waals surface area contributed by atoms with Crippen LogP contribution in [-0.4, -0.2) is 61.2 Å². The van der Waals surface area contributed by atoms with Gasteiger partial charge in [0.05, 0.1) is 25.4 Å². The highest BCUT2D eigenvalue weighted by Crippen LogP contribution is 2.36.